The van der Waals surface area contributed by atoms with Gasteiger partial charge in [-0.3, -0.25) is 10.1 Å². The molecule has 1 aromatic carbocycles. The minimum atomic E-state index is -4.55. The number of rotatable bonds is 6. The molecule has 4 rings (SSSR count). The van der Waals surface area contributed by atoms with E-state index in [0.717, 1.165) is 23.5 Å². The van der Waals surface area contributed by atoms with Crippen molar-refractivity contribution in [2.75, 3.05) is 6.61 Å². The molecular weight excluding hydrogens is 423 g/mol. The molecule has 0 spiro atoms. The number of carbonyl (C=O) groups is 1. The predicted octanol–water partition coefficient (Wildman–Crippen LogP) is 3.30. The third-order valence-corrected chi connectivity index (χ3v) is 6.22. The number of amides is 1. The maximum Gasteiger partial charge on any atom is 0.408 e. The van der Waals surface area contributed by atoms with Crippen LogP contribution < -0.4 is 10.6 Å². The zero-order valence-electron chi connectivity index (χ0n) is 17.6. The van der Waals surface area contributed by atoms with Crippen LogP contribution in [0.3, 0.4) is 0 Å². The molecule has 32 heavy (non-hydrogen) atoms. The van der Waals surface area contributed by atoms with Crippen LogP contribution in [-0.2, 0) is 0 Å². The van der Waals surface area contributed by atoms with E-state index >= 15 is 0 Å². The summed E-state index contributed by atoms with van der Waals surface area (Å²) in [5.74, 6) is -0.230. The Bertz CT molecular complexity index is 1070. The lowest BCUT2D eigenvalue weighted by molar-refractivity contribution is -0.204. The zero-order chi connectivity index (χ0) is 22.9. The van der Waals surface area contributed by atoms with E-state index in [9.17, 15) is 23.1 Å². The lowest BCUT2D eigenvalue weighted by Crippen LogP contribution is -2.61. The number of H-pyrrole nitrogens is 1. The highest BCUT2D eigenvalue weighted by molar-refractivity contribution is 6.06. The second kappa shape index (κ2) is 8.59. The number of alkyl halides is 3. The number of aromatic amines is 1. The van der Waals surface area contributed by atoms with Gasteiger partial charge in [0.1, 0.15) is 5.54 Å². The van der Waals surface area contributed by atoms with E-state index in [1.807, 2.05) is 16.7 Å². The summed E-state index contributed by atoms with van der Waals surface area (Å²) in [6, 6.07) is 5.14. The quantitative estimate of drug-likeness (QED) is 0.465. The summed E-state index contributed by atoms with van der Waals surface area (Å²) in [7, 11) is 0. The summed E-state index contributed by atoms with van der Waals surface area (Å²) < 4.78 is 41.5. The van der Waals surface area contributed by atoms with Crippen LogP contribution in [0.25, 0.3) is 16.6 Å². The van der Waals surface area contributed by atoms with Crippen molar-refractivity contribution in [2.45, 2.75) is 56.4 Å². The highest BCUT2D eigenvalue weighted by Crippen LogP contribution is 2.32. The summed E-state index contributed by atoms with van der Waals surface area (Å²) in [5.41, 5.74) is -0.295. The Kier molecular flexibility index (Phi) is 6.00. The van der Waals surface area contributed by atoms with Crippen LogP contribution in [0.2, 0.25) is 0 Å². The Morgan fingerprint density at radius 2 is 1.97 bits per heavy atom. The number of fused-ring (bicyclic) bond motifs is 1. The number of aliphatic hydroxyl groups is 1. The minimum absolute atomic E-state index is 0.131. The second-order valence-corrected chi connectivity index (χ2v) is 8.56. The number of aromatic nitrogens is 3. The summed E-state index contributed by atoms with van der Waals surface area (Å²) in [5, 5.41) is 15.8. The molecule has 10 heteroatoms. The van der Waals surface area contributed by atoms with Gasteiger partial charge in [0.15, 0.2) is 0 Å². The number of nitrogens with zero attached hydrogens (tertiary/aromatic N) is 2. The largest absolute Gasteiger partial charge is 0.408 e. The average Bonchev–Trinajstić information content (AvgIpc) is 3.45. The van der Waals surface area contributed by atoms with Gasteiger partial charge in [0.2, 0.25) is 0 Å². The summed E-state index contributed by atoms with van der Waals surface area (Å²) >= 11 is 0. The van der Waals surface area contributed by atoms with Crippen molar-refractivity contribution in [3.05, 3.63) is 48.7 Å². The maximum absolute atomic E-state index is 13.2. The predicted molar refractivity (Wildman–Crippen MR) is 114 cm³/mol. The van der Waals surface area contributed by atoms with Crippen molar-refractivity contribution in [3.63, 3.8) is 0 Å². The number of nitrogens with one attached hydrogen (secondary N) is 3. The maximum atomic E-state index is 13.2. The molecule has 0 unspecified atom stereocenters. The van der Waals surface area contributed by atoms with E-state index in [1.54, 1.807) is 31.0 Å². The van der Waals surface area contributed by atoms with Crippen molar-refractivity contribution < 1.29 is 23.1 Å². The summed E-state index contributed by atoms with van der Waals surface area (Å²) in [6.07, 6.45) is 4.40. The fraction of sp³-hybridized carbons (Fsp3) is 0.455. The van der Waals surface area contributed by atoms with E-state index in [2.05, 4.69) is 20.6 Å². The van der Waals surface area contributed by atoms with Crippen LogP contribution in [0.15, 0.2) is 43.1 Å². The van der Waals surface area contributed by atoms with Crippen molar-refractivity contribution in [3.8, 4) is 5.69 Å². The monoisotopic (exact) mass is 449 g/mol. The third-order valence-electron chi connectivity index (χ3n) is 6.22. The number of benzene rings is 1. The van der Waals surface area contributed by atoms with Gasteiger partial charge in [-0.25, -0.2) is 4.98 Å². The topological polar surface area (TPSA) is 95.0 Å². The number of hydrogen-bond donors (Lipinski definition) is 4. The number of aliphatic hydroxyl groups excluding tert-OH is 1. The van der Waals surface area contributed by atoms with Crippen LogP contribution in [0.4, 0.5) is 13.2 Å². The lowest BCUT2D eigenvalue weighted by Gasteiger charge is -2.38. The first-order valence-electron chi connectivity index (χ1n) is 10.6. The molecule has 3 aromatic rings. The molecule has 0 aliphatic heterocycles. The van der Waals surface area contributed by atoms with Crippen LogP contribution in [0.5, 0.6) is 0 Å². The normalized spacial score (nSPS) is 21.4. The SMILES string of the molecule is C[C@](CO)(N[C@H]1CC[C@H](NC(=O)c2cc(-n3ccnc3)cc3cc[nH]c23)CC1)C(F)(F)F. The van der Waals surface area contributed by atoms with E-state index in [4.69, 9.17) is 0 Å². The lowest BCUT2D eigenvalue weighted by atomic mass is 9.88. The van der Waals surface area contributed by atoms with Crippen LogP contribution >= 0.6 is 0 Å². The molecule has 1 saturated carbocycles. The Morgan fingerprint density at radius 3 is 2.59 bits per heavy atom. The first kappa shape index (κ1) is 22.3. The van der Waals surface area contributed by atoms with Gasteiger partial charge in [-0.05, 0) is 50.8 Å². The van der Waals surface area contributed by atoms with E-state index in [0.29, 0.717) is 31.2 Å². The smallest absolute Gasteiger partial charge is 0.394 e. The zero-order valence-corrected chi connectivity index (χ0v) is 17.6. The Morgan fingerprint density at radius 1 is 1.25 bits per heavy atom. The molecule has 0 bridgehead atoms. The molecule has 172 valence electrons. The second-order valence-electron chi connectivity index (χ2n) is 8.56. The fourth-order valence-electron chi connectivity index (χ4n) is 4.21. The van der Waals surface area contributed by atoms with Crippen molar-refractivity contribution in [1.82, 2.24) is 25.2 Å². The molecule has 7 nitrogen and oxygen atoms in total. The van der Waals surface area contributed by atoms with Gasteiger partial charge in [0.05, 0.1) is 24.0 Å². The average molecular weight is 449 g/mol. The van der Waals surface area contributed by atoms with Gasteiger partial charge in [-0.2, -0.15) is 13.2 Å². The standard InChI is InChI=1S/C22H26F3N5O2/c1-21(12-31,22(23,24)25)29-16-4-2-15(3-5-16)28-20(32)18-11-17(30-9-8-26-13-30)10-14-6-7-27-19(14)18/h6-11,13,15-16,27,29,31H,2-5,12H2,1H3,(H,28,32)/t15-,16-,21-/m1/s1. The van der Waals surface area contributed by atoms with E-state index < -0.39 is 18.3 Å². The van der Waals surface area contributed by atoms with Crippen molar-refractivity contribution >= 4 is 16.8 Å². The minimum Gasteiger partial charge on any atom is -0.394 e. The highest BCUT2D eigenvalue weighted by Gasteiger charge is 2.51. The van der Waals surface area contributed by atoms with Crippen LogP contribution in [-0.4, -0.2) is 56.0 Å². The Labute approximate surface area is 183 Å². The van der Waals surface area contributed by atoms with Gasteiger partial charge in [0.25, 0.3) is 5.91 Å². The molecule has 0 saturated heterocycles. The van der Waals surface area contributed by atoms with Gasteiger partial charge in [0, 0.05) is 41.7 Å². The van der Waals surface area contributed by atoms with Crippen LogP contribution in [0, 0.1) is 0 Å². The molecule has 1 amide bonds. The molecule has 2 heterocycles. The number of halogens is 3. The fourth-order valence-corrected chi connectivity index (χ4v) is 4.21. The van der Waals surface area contributed by atoms with Gasteiger partial charge in [-0.15, -0.1) is 0 Å². The molecule has 1 atom stereocenters. The number of hydrogen-bond acceptors (Lipinski definition) is 4. The molecule has 4 N–H and O–H groups in total. The van der Waals surface area contributed by atoms with Crippen molar-refractivity contribution in [2.24, 2.45) is 0 Å². The van der Waals surface area contributed by atoms with Crippen molar-refractivity contribution in [1.29, 1.82) is 0 Å². The molecular formula is C22H26F3N5O2. The van der Waals surface area contributed by atoms with Crippen LogP contribution in [0.1, 0.15) is 43.0 Å². The molecule has 1 aliphatic rings. The molecule has 1 fully saturated rings. The highest BCUT2D eigenvalue weighted by atomic mass is 19.4. The molecule has 1 aliphatic carbocycles. The first-order valence-corrected chi connectivity index (χ1v) is 10.6. The number of imidazole rings is 1. The third kappa shape index (κ3) is 4.37. The Balaban J connectivity index is 1.43. The van der Waals surface area contributed by atoms with E-state index in [1.165, 1.54) is 0 Å². The molecule has 0 radical (unpaired) electrons. The Hall–Kier alpha value is -2.85. The summed E-state index contributed by atoms with van der Waals surface area (Å²) in [6.45, 7) is -0.0533. The van der Waals surface area contributed by atoms with Gasteiger partial charge < -0.3 is 20.0 Å². The van der Waals surface area contributed by atoms with Gasteiger partial charge >= 0.3 is 6.18 Å². The first-order chi connectivity index (χ1) is 15.2. The van der Waals surface area contributed by atoms with E-state index in [-0.39, 0.29) is 18.0 Å². The van der Waals surface area contributed by atoms with Gasteiger partial charge in [-0.1, -0.05) is 0 Å². The molecule has 2 aromatic heterocycles. The summed E-state index contributed by atoms with van der Waals surface area (Å²) in [4.78, 5) is 20.2. The number of carbonyl (C=O) groups excluding carboxylic acids is 1.